The van der Waals surface area contributed by atoms with Gasteiger partial charge in [0.2, 0.25) is 5.91 Å². The van der Waals surface area contributed by atoms with Gasteiger partial charge in [0.1, 0.15) is 18.2 Å². The number of rotatable bonds is 8. The van der Waals surface area contributed by atoms with Gasteiger partial charge < -0.3 is 14.6 Å². The van der Waals surface area contributed by atoms with Crippen LogP contribution in [0.1, 0.15) is 18.3 Å². The second-order valence-corrected chi connectivity index (χ2v) is 7.56. The summed E-state index contributed by atoms with van der Waals surface area (Å²) in [4.78, 5) is 12.2. The zero-order chi connectivity index (χ0) is 20.8. The Morgan fingerprint density at radius 1 is 1.24 bits per heavy atom. The fourth-order valence-electron chi connectivity index (χ4n) is 2.53. The van der Waals surface area contributed by atoms with Crippen molar-refractivity contribution < 1.29 is 13.9 Å². The van der Waals surface area contributed by atoms with Crippen molar-refractivity contribution in [2.75, 3.05) is 11.1 Å². The van der Waals surface area contributed by atoms with Gasteiger partial charge >= 0.3 is 0 Å². The second kappa shape index (κ2) is 9.76. The van der Waals surface area contributed by atoms with E-state index in [9.17, 15) is 9.18 Å². The topological polar surface area (TPSA) is 69.0 Å². The molecule has 0 fully saturated rings. The molecule has 6 nitrogen and oxygen atoms in total. The Bertz CT molecular complexity index is 995. The molecule has 1 heterocycles. The lowest BCUT2D eigenvalue weighted by Gasteiger charge is -2.09. The van der Waals surface area contributed by atoms with E-state index >= 15 is 0 Å². The first-order valence-electron chi connectivity index (χ1n) is 8.95. The summed E-state index contributed by atoms with van der Waals surface area (Å²) in [5, 5.41) is 11.8. The van der Waals surface area contributed by atoms with Crippen LogP contribution < -0.4 is 10.1 Å². The van der Waals surface area contributed by atoms with Gasteiger partial charge in [-0.3, -0.25) is 4.79 Å². The maximum absolute atomic E-state index is 13.2. The molecule has 0 spiro atoms. The highest BCUT2D eigenvalue weighted by atomic mass is 35.5. The maximum Gasteiger partial charge on any atom is 0.234 e. The summed E-state index contributed by atoms with van der Waals surface area (Å²) >= 11 is 7.07. The van der Waals surface area contributed by atoms with E-state index in [1.807, 2.05) is 42.7 Å². The van der Waals surface area contributed by atoms with Crippen LogP contribution in [0.25, 0.3) is 0 Å². The number of aryl methyl sites for hydroxylation is 1. The van der Waals surface area contributed by atoms with E-state index in [-0.39, 0.29) is 23.3 Å². The Labute approximate surface area is 177 Å². The van der Waals surface area contributed by atoms with Crippen LogP contribution in [0.15, 0.2) is 47.6 Å². The van der Waals surface area contributed by atoms with Gasteiger partial charge in [0, 0.05) is 18.3 Å². The molecule has 0 saturated carbocycles. The Morgan fingerprint density at radius 3 is 2.69 bits per heavy atom. The smallest absolute Gasteiger partial charge is 0.234 e. The molecule has 0 aliphatic rings. The number of nitrogens with zero attached hydrogens (tertiary/aromatic N) is 3. The van der Waals surface area contributed by atoms with E-state index in [4.69, 9.17) is 16.3 Å². The number of anilines is 1. The Morgan fingerprint density at radius 2 is 2.00 bits per heavy atom. The fraction of sp³-hybridized carbons (Fsp3) is 0.250. The number of halogens is 2. The second-order valence-electron chi connectivity index (χ2n) is 6.21. The van der Waals surface area contributed by atoms with Gasteiger partial charge in [-0.05, 0) is 38.1 Å². The fourth-order valence-corrected chi connectivity index (χ4v) is 3.52. The van der Waals surface area contributed by atoms with Crippen molar-refractivity contribution >= 4 is 35.0 Å². The molecule has 3 aromatic rings. The van der Waals surface area contributed by atoms with E-state index in [2.05, 4.69) is 15.5 Å². The van der Waals surface area contributed by atoms with Crippen molar-refractivity contribution in [2.24, 2.45) is 0 Å². The van der Waals surface area contributed by atoms with Crippen molar-refractivity contribution in [3.8, 4) is 5.75 Å². The number of nitrogens with one attached hydrogen (secondary N) is 1. The van der Waals surface area contributed by atoms with E-state index in [1.54, 1.807) is 0 Å². The number of carbonyl (C=O) groups excluding carboxylic acids is 1. The highest BCUT2D eigenvalue weighted by molar-refractivity contribution is 7.99. The average molecular weight is 435 g/mol. The van der Waals surface area contributed by atoms with Gasteiger partial charge in [0.25, 0.3) is 0 Å². The standard InChI is InChI=1S/C20H20ClFN4O2S/c1-3-26-18(11-28-15-8-9-17(22)16(21)10-15)24-25-20(26)29-12-19(27)23-14-6-4-13(2)5-7-14/h4-10H,3,11-12H2,1-2H3,(H,23,27). The van der Waals surface area contributed by atoms with Crippen LogP contribution in [0.4, 0.5) is 10.1 Å². The van der Waals surface area contributed by atoms with Crippen molar-refractivity contribution in [1.82, 2.24) is 14.8 Å². The van der Waals surface area contributed by atoms with Crippen molar-refractivity contribution in [2.45, 2.75) is 32.2 Å². The first-order valence-corrected chi connectivity index (χ1v) is 10.3. The van der Waals surface area contributed by atoms with Gasteiger partial charge in [-0.1, -0.05) is 41.1 Å². The number of thioether (sulfide) groups is 1. The molecule has 0 atom stereocenters. The molecule has 9 heteroatoms. The minimum Gasteiger partial charge on any atom is -0.486 e. The SMILES string of the molecule is CCn1c(COc2ccc(F)c(Cl)c2)nnc1SCC(=O)Nc1ccc(C)cc1. The molecule has 0 aliphatic carbocycles. The van der Waals surface area contributed by atoms with E-state index in [0.717, 1.165) is 11.3 Å². The van der Waals surface area contributed by atoms with Crippen molar-refractivity contribution in [3.63, 3.8) is 0 Å². The number of ether oxygens (including phenoxy) is 1. The molecule has 0 aliphatic heterocycles. The molecular weight excluding hydrogens is 415 g/mol. The minimum absolute atomic E-state index is 0.00436. The van der Waals surface area contributed by atoms with Crippen LogP contribution in [0.5, 0.6) is 5.75 Å². The zero-order valence-electron chi connectivity index (χ0n) is 16.0. The summed E-state index contributed by atoms with van der Waals surface area (Å²) in [5.74, 6) is 0.630. The molecule has 0 radical (unpaired) electrons. The summed E-state index contributed by atoms with van der Waals surface area (Å²) in [6.45, 7) is 4.72. The van der Waals surface area contributed by atoms with Gasteiger partial charge in [0.15, 0.2) is 11.0 Å². The molecule has 152 valence electrons. The average Bonchev–Trinajstić information content (AvgIpc) is 3.11. The highest BCUT2D eigenvalue weighted by Crippen LogP contribution is 2.23. The van der Waals surface area contributed by atoms with E-state index < -0.39 is 5.82 Å². The highest BCUT2D eigenvalue weighted by Gasteiger charge is 2.14. The molecule has 29 heavy (non-hydrogen) atoms. The first-order chi connectivity index (χ1) is 14.0. The van der Waals surface area contributed by atoms with Gasteiger partial charge in [-0.25, -0.2) is 4.39 Å². The molecule has 1 N–H and O–H groups in total. The number of hydrogen-bond donors (Lipinski definition) is 1. The summed E-state index contributed by atoms with van der Waals surface area (Å²) in [5.41, 5.74) is 1.89. The Kier molecular flexibility index (Phi) is 7.11. The predicted octanol–water partition coefficient (Wildman–Crippen LogP) is 4.71. The molecule has 1 amide bonds. The van der Waals surface area contributed by atoms with Crippen LogP contribution in [-0.4, -0.2) is 26.4 Å². The number of amides is 1. The molecule has 1 aromatic heterocycles. The number of hydrogen-bond acceptors (Lipinski definition) is 5. The summed E-state index contributed by atoms with van der Waals surface area (Å²) in [6.07, 6.45) is 0. The van der Waals surface area contributed by atoms with Gasteiger partial charge in [-0.2, -0.15) is 0 Å². The summed E-state index contributed by atoms with van der Waals surface area (Å²) in [6, 6.07) is 11.8. The number of benzene rings is 2. The van der Waals surface area contributed by atoms with Crippen molar-refractivity contribution in [1.29, 1.82) is 0 Å². The zero-order valence-corrected chi connectivity index (χ0v) is 17.6. The predicted molar refractivity (Wildman–Crippen MR) is 112 cm³/mol. The van der Waals surface area contributed by atoms with E-state index in [1.165, 1.54) is 30.0 Å². The lowest BCUT2D eigenvalue weighted by molar-refractivity contribution is -0.113. The summed E-state index contributed by atoms with van der Waals surface area (Å²) < 4.78 is 20.7. The lowest BCUT2D eigenvalue weighted by atomic mass is 10.2. The number of carbonyl (C=O) groups is 1. The monoisotopic (exact) mass is 434 g/mol. The molecular formula is C20H20ClFN4O2S. The lowest BCUT2D eigenvalue weighted by Crippen LogP contribution is -2.15. The Hall–Kier alpha value is -2.58. The summed E-state index contributed by atoms with van der Waals surface area (Å²) in [7, 11) is 0. The van der Waals surface area contributed by atoms with Crippen LogP contribution in [-0.2, 0) is 17.9 Å². The molecule has 3 rings (SSSR count). The van der Waals surface area contributed by atoms with Crippen LogP contribution in [0.3, 0.4) is 0 Å². The van der Waals surface area contributed by atoms with Crippen LogP contribution in [0, 0.1) is 12.7 Å². The minimum atomic E-state index is -0.502. The van der Waals surface area contributed by atoms with Crippen LogP contribution in [0.2, 0.25) is 5.02 Å². The third-order valence-corrected chi connectivity index (χ3v) is 5.29. The van der Waals surface area contributed by atoms with Gasteiger partial charge in [-0.15, -0.1) is 10.2 Å². The largest absolute Gasteiger partial charge is 0.486 e. The quantitative estimate of drug-likeness (QED) is 0.520. The third kappa shape index (κ3) is 5.71. The molecule has 0 unspecified atom stereocenters. The number of aromatic nitrogens is 3. The molecule has 0 bridgehead atoms. The molecule has 0 saturated heterocycles. The third-order valence-electron chi connectivity index (χ3n) is 4.04. The molecule has 2 aromatic carbocycles. The first kappa shape index (κ1) is 21.1. The van der Waals surface area contributed by atoms with Crippen LogP contribution >= 0.6 is 23.4 Å². The normalized spacial score (nSPS) is 10.8. The van der Waals surface area contributed by atoms with Crippen molar-refractivity contribution in [3.05, 3.63) is 64.7 Å². The van der Waals surface area contributed by atoms with E-state index in [0.29, 0.717) is 23.3 Å². The maximum atomic E-state index is 13.2. The van der Waals surface area contributed by atoms with Gasteiger partial charge in [0.05, 0.1) is 10.8 Å². The Balaban J connectivity index is 1.57.